The number of hydrogen-bond acceptors (Lipinski definition) is 10. The highest BCUT2D eigenvalue weighted by Gasteiger charge is 2.31. The van der Waals surface area contributed by atoms with Gasteiger partial charge in [0.05, 0.1) is 55.9 Å². The second-order valence-electron chi connectivity index (χ2n) is 33.0. The number of benzene rings is 19. The van der Waals surface area contributed by atoms with E-state index in [2.05, 4.69) is 143 Å². The van der Waals surface area contributed by atoms with Crippen molar-refractivity contribution in [3.8, 4) is 170 Å². The molecule has 25 aromatic rings. The highest BCUT2D eigenvalue weighted by Crippen LogP contribution is 2.55. The van der Waals surface area contributed by atoms with Crippen molar-refractivity contribution in [1.29, 1.82) is 5.26 Å². The molecule has 13 nitrogen and oxygen atoms in total. The average Bonchev–Trinajstić information content (AvgIpc) is 1.53. The van der Waals surface area contributed by atoms with Gasteiger partial charge < -0.3 is 13.7 Å². The van der Waals surface area contributed by atoms with Crippen LogP contribution in [0, 0.1) is 11.3 Å². The Kier molecular flexibility index (Phi) is 16.1. The van der Waals surface area contributed by atoms with Crippen molar-refractivity contribution in [2.24, 2.45) is 0 Å². The van der Waals surface area contributed by atoms with Crippen LogP contribution in [0.5, 0.6) is 0 Å². The van der Waals surface area contributed by atoms with E-state index < -0.39 is 0 Å². The van der Waals surface area contributed by atoms with Crippen molar-refractivity contribution < 1.29 is 5.48 Å². The number of para-hydroxylation sites is 1. The van der Waals surface area contributed by atoms with Gasteiger partial charge in [-0.1, -0.05) is 309 Å². The van der Waals surface area contributed by atoms with E-state index in [1.165, 1.54) is 59.9 Å². The summed E-state index contributed by atoms with van der Waals surface area (Å²) in [6.07, 6.45) is 0. The van der Waals surface area contributed by atoms with Crippen molar-refractivity contribution in [2.45, 2.75) is 0 Å². The molecule has 0 aliphatic heterocycles. The first-order chi connectivity index (χ1) is 66.6. The number of hydrogen-bond donors (Lipinski definition) is 0. The zero-order valence-electron chi connectivity index (χ0n) is 73.8. The van der Waals surface area contributed by atoms with Gasteiger partial charge in [-0.15, -0.1) is 0 Å². The Bertz CT molecular complexity index is 9160. The summed E-state index contributed by atoms with van der Waals surface area (Å²) in [4.78, 5) is 44.3. The maximum absolute atomic E-state index is 9.28. The van der Waals surface area contributed by atoms with Gasteiger partial charge in [0.1, 0.15) is 0 Å². The molecule has 0 fully saturated rings. The molecule has 0 spiro atoms. The molecule has 19 aromatic carbocycles. The minimum Gasteiger partial charge on any atom is -0.309 e. The van der Waals surface area contributed by atoms with E-state index in [0.717, 1.165) is 144 Å². The van der Waals surface area contributed by atoms with Crippen LogP contribution < -0.4 is 0 Å². The lowest BCUT2D eigenvalue weighted by atomic mass is 9.95. The molecule has 0 unspecified atom stereocenters. The van der Waals surface area contributed by atoms with Crippen LogP contribution in [0.4, 0.5) is 0 Å². The third-order valence-corrected chi connectivity index (χ3v) is 25.6. The summed E-state index contributed by atoms with van der Waals surface area (Å²) in [6, 6.07) is 136. The quantitative estimate of drug-likeness (QED) is 0.109. The lowest BCUT2D eigenvalue weighted by molar-refractivity contribution is 1.06. The summed E-state index contributed by atoms with van der Waals surface area (Å²) >= 11 is 0. The molecular weight excluding hydrogens is 1600 g/mol. The fourth-order valence-electron chi connectivity index (χ4n) is 19.8. The molecule has 0 amide bonds. The molecule has 6 heterocycles. The lowest BCUT2D eigenvalue weighted by Gasteiger charge is -2.15. The van der Waals surface area contributed by atoms with Crippen LogP contribution in [0.25, 0.3) is 262 Å². The molecule has 6 aromatic heterocycles. The SMILES string of the molecule is N#Cc1ccc(-c2cc3c4c(ccc5c4c4c-3cccc4n5-c3ccc(-c4nc(-c5ccccc5)nc(-c5ccccc5)n4)cc3)c2)cc1.[2H]c1cc2c3c4c5c-2cccc5cc([2H])c4n(-c2cccc(-c4nc(-c5ccccc5)nc(-c5ccccc5)n4)c2)c3c1[2H].[2H]c1ccc2ccc3c4c2c1-c1cccc(c14)n3-c1ccccc1-c1nc(-c2ccccc2)nc(-c2ccccc2)n1. The summed E-state index contributed by atoms with van der Waals surface area (Å²) in [5.41, 5.74) is 26.7. The van der Waals surface area contributed by atoms with Crippen LogP contribution in [0.1, 0.15) is 11.0 Å². The normalized spacial score (nSPS) is 12.2. The Morgan fingerprint density at radius 2 is 0.573 bits per heavy atom. The maximum atomic E-state index is 9.28. The van der Waals surface area contributed by atoms with Crippen molar-refractivity contribution in [2.75, 3.05) is 0 Å². The minimum atomic E-state index is 0.142. The average molecular weight is 1670 g/mol. The third kappa shape index (κ3) is 12.1. The van der Waals surface area contributed by atoms with E-state index in [0.29, 0.717) is 75.6 Å². The second-order valence-corrected chi connectivity index (χ2v) is 33.0. The predicted molar refractivity (Wildman–Crippen MR) is 531 cm³/mol. The van der Waals surface area contributed by atoms with Gasteiger partial charge in [-0.05, 0) is 186 Å². The van der Waals surface area contributed by atoms with Crippen LogP contribution in [0.15, 0.2) is 418 Å². The first-order valence-electron chi connectivity index (χ1n) is 45.5. The fourth-order valence-corrected chi connectivity index (χ4v) is 19.8. The molecular formula is C118H69N13. The van der Waals surface area contributed by atoms with Gasteiger partial charge in [-0.2, -0.15) is 5.26 Å². The fraction of sp³-hybridized carbons (Fsp3) is 0. The summed E-state index contributed by atoms with van der Waals surface area (Å²) in [5, 5.41) is 23.1. The number of nitriles is 1. The van der Waals surface area contributed by atoms with E-state index in [1.807, 2.05) is 265 Å². The third-order valence-electron chi connectivity index (χ3n) is 25.6. The van der Waals surface area contributed by atoms with Crippen molar-refractivity contribution in [3.63, 3.8) is 0 Å². The van der Waals surface area contributed by atoms with Gasteiger partial charge in [-0.3, -0.25) is 0 Å². The molecule has 13 heteroatoms. The monoisotopic (exact) mass is 1670 g/mol. The molecule has 0 bridgehead atoms. The van der Waals surface area contributed by atoms with E-state index in [-0.39, 0.29) is 12.1 Å². The molecule has 0 atom stereocenters. The zero-order chi connectivity index (χ0) is 89.8. The summed E-state index contributed by atoms with van der Waals surface area (Å²) < 4.78 is 42.2. The van der Waals surface area contributed by atoms with Gasteiger partial charge in [-0.25, -0.2) is 44.9 Å². The van der Waals surface area contributed by atoms with Crippen LogP contribution in [0.2, 0.25) is 0 Å². The van der Waals surface area contributed by atoms with Crippen molar-refractivity contribution in [1.82, 2.24) is 58.6 Å². The molecule has 3 aliphatic rings. The van der Waals surface area contributed by atoms with Gasteiger partial charge >= 0.3 is 0 Å². The number of rotatable bonds is 13. The summed E-state index contributed by atoms with van der Waals surface area (Å²) in [6.45, 7) is 0. The molecule has 0 radical (unpaired) electrons. The molecule has 0 saturated heterocycles. The highest BCUT2D eigenvalue weighted by molar-refractivity contribution is 6.36. The number of nitrogens with zero attached hydrogens (tertiary/aromatic N) is 13. The summed E-state index contributed by atoms with van der Waals surface area (Å²) in [7, 11) is 0. The first-order valence-corrected chi connectivity index (χ1v) is 43.5. The Morgan fingerprint density at radius 3 is 1.13 bits per heavy atom. The standard InChI is InChI=1S/C44H25N5.2C37H22N4/c45-26-27-14-16-28(17-15-27)33-24-32-20-23-38-41-39(32)36(25-33)35-12-7-13-37(40(35)41)49(38)34-21-18-31(19-22-34)44-47-42(29-8-3-1-4-9-29)46-43(48-44)30-10-5-2-6-11-30;1-3-10-24(11-4-1)35-38-36(25-12-5-2-6-13-25)40-37(39-35)26-15-7-16-27(22-26)41-30-19-9-18-29-28-17-8-14-23-20-21-31(41)34(32(23)28)33(29)30;1-3-11-24(12-4-1)35-38-36(25-13-5-2-6-14-25)40-37(39-35)28-16-7-8-19-29(28)41-30-20-10-18-27-26-17-9-15-23-21-22-31(41)34(32(23)26)33(27)30/h1-25H;2*1-22H/i;9D,19D,21D;17D. The lowest BCUT2D eigenvalue weighted by Crippen LogP contribution is -2.03. The second kappa shape index (κ2) is 30.1. The Balaban J connectivity index is 0.000000106. The Hall–Kier alpha value is -18.1. The smallest absolute Gasteiger partial charge is 0.166 e. The Labute approximate surface area is 756 Å². The first kappa shape index (κ1) is 70.2. The Morgan fingerprint density at radius 1 is 0.198 bits per heavy atom. The van der Waals surface area contributed by atoms with E-state index >= 15 is 0 Å². The van der Waals surface area contributed by atoms with Crippen molar-refractivity contribution in [3.05, 3.63) is 424 Å². The maximum Gasteiger partial charge on any atom is 0.166 e. The molecule has 131 heavy (non-hydrogen) atoms. The number of fused-ring (bicyclic) bond motifs is 3. The van der Waals surface area contributed by atoms with Crippen molar-refractivity contribution >= 4 is 97.7 Å². The van der Waals surface area contributed by atoms with E-state index in [1.54, 1.807) is 6.07 Å². The van der Waals surface area contributed by atoms with Crippen LogP contribution in [-0.2, 0) is 0 Å². The largest absolute Gasteiger partial charge is 0.309 e. The van der Waals surface area contributed by atoms with Gasteiger partial charge in [0, 0.05) is 93.8 Å². The molecule has 0 saturated carbocycles. The van der Waals surface area contributed by atoms with Gasteiger partial charge in [0.15, 0.2) is 52.4 Å². The molecule has 606 valence electrons. The summed E-state index contributed by atoms with van der Waals surface area (Å²) in [5.74, 6) is 5.52. The van der Waals surface area contributed by atoms with Crippen LogP contribution in [-0.4, -0.2) is 58.6 Å². The molecule has 28 rings (SSSR count). The van der Waals surface area contributed by atoms with Crippen LogP contribution >= 0.6 is 0 Å². The predicted octanol–water partition coefficient (Wildman–Crippen LogP) is 28.8. The highest BCUT2D eigenvalue weighted by atomic mass is 15.1. The van der Waals surface area contributed by atoms with Gasteiger partial charge in [0.25, 0.3) is 0 Å². The van der Waals surface area contributed by atoms with E-state index in [9.17, 15) is 5.26 Å². The molecule has 0 N–H and O–H groups in total. The minimum absolute atomic E-state index is 0.142. The molecule has 3 aliphatic carbocycles. The topological polar surface area (TPSA) is 155 Å². The van der Waals surface area contributed by atoms with E-state index in [4.69, 9.17) is 50.3 Å². The number of aromatic nitrogens is 12. The van der Waals surface area contributed by atoms with Crippen LogP contribution in [0.3, 0.4) is 0 Å². The zero-order valence-corrected chi connectivity index (χ0v) is 69.8. The van der Waals surface area contributed by atoms with Gasteiger partial charge in [0.2, 0.25) is 0 Å².